The van der Waals surface area contributed by atoms with Gasteiger partial charge >= 0.3 is 5.97 Å². The molecule has 2 aromatic rings. The van der Waals surface area contributed by atoms with E-state index in [4.69, 9.17) is 4.74 Å². The van der Waals surface area contributed by atoms with Crippen LogP contribution in [0.4, 0.5) is 0 Å². The molecule has 0 fully saturated rings. The normalized spacial score (nSPS) is 9.86. The molecule has 112 valence electrons. The Kier molecular flexibility index (Phi) is 5.66. The van der Waals surface area contributed by atoms with Gasteiger partial charge in [0.1, 0.15) is 18.8 Å². The predicted octanol–water partition coefficient (Wildman–Crippen LogP) is 3.64. The third kappa shape index (κ3) is 4.70. The summed E-state index contributed by atoms with van der Waals surface area (Å²) in [7, 11) is 0. The molecular formula is C19H18O3. The largest absolute Gasteiger partial charge is 0.461 e. The second-order valence-corrected chi connectivity index (χ2v) is 4.91. The minimum atomic E-state index is -0.496. The van der Waals surface area contributed by atoms with Crippen LogP contribution in [-0.4, -0.2) is 18.4 Å². The maximum Gasteiger partial charge on any atom is 0.313 e. The van der Waals surface area contributed by atoms with Crippen molar-refractivity contribution in [3.63, 3.8) is 0 Å². The fourth-order valence-corrected chi connectivity index (χ4v) is 2.11. The lowest BCUT2D eigenvalue weighted by molar-refractivity contribution is -0.144. The highest BCUT2D eigenvalue weighted by Crippen LogP contribution is 2.22. The van der Waals surface area contributed by atoms with E-state index in [-0.39, 0.29) is 18.8 Å². The van der Waals surface area contributed by atoms with Gasteiger partial charge in [-0.15, -0.1) is 0 Å². The molecule has 0 amide bonds. The Bertz CT molecular complexity index is 616. The second-order valence-electron chi connectivity index (χ2n) is 4.91. The van der Waals surface area contributed by atoms with Crippen LogP contribution in [0.25, 0.3) is 5.57 Å². The van der Waals surface area contributed by atoms with Gasteiger partial charge in [-0.1, -0.05) is 60.7 Å². The highest BCUT2D eigenvalue weighted by molar-refractivity contribution is 5.94. The number of hydrogen-bond acceptors (Lipinski definition) is 3. The lowest BCUT2D eigenvalue weighted by Gasteiger charge is -2.09. The Morgan fingerprint density at radius 2 is 1.41 bits per heavy atom. The first-order chi connectivity index (χ1) is 10.7. The molecule has 0 saturated carbocycles. The molecule has 0 spiro atoms. The van der Waals surface area contributed by atoms with Crippen LogP contribution in [0.15, 0.2) is 66.7 Å². The molecule has 0 unspecified atom stereocenters. The lowest BCUT2D eigenvalue weighted by Crippen LogP contribution is -2.09. The van der Waals surface area contributed by atoms with E-state index in [1.807, 2.05) is 66.7 Å². The summed E-state index contributed by atoms with van der Waals surface area (Å²) in [6.45, 7) is 1.52. The maximum atomic E-state index is 11.4. The van der Waals surface area contributed by atoms with Gasteiger partial charge in [0.25, 0.3) is 0 Å². The SMILES string of the molecule is CC(=O)CC(=O)OCC=C(c1ccccc1)c1ccccc1. The number of hydrogen-bond donors (Lipinski definition) is 0. The summed E-state index contributed by atoms with van der Waals surface area (Å²) in [5.74, 6) is -0.690. The van der Waals surface area contributed by atoms with E-state index in [0.717, 1.165) is 16.7 Å². The van der Waals surface area contributed by atoms with E-state index in [2.05, 4.69) is 0 Å². The average Bonchev–Trinajstić information content (AvgIpc) is 2.52. The molecule has 0 heterocycles. The van der Waals surface area contributed by atoms with Gasteiger partial charge in [-0.25, -0.2) is 0 Å². The Labute approximate surface area is 130 Å². The van der Waals surface area contributed by atoms with Crippen LogP contribution in [-0.2, 0) is 14.3 Å². The molecule has 0 radical (unpaired) electrons. The first-order valence-corrected chi connectivity index (χ1v) is 7.13. The zero-order valence-corrected chi connectivity index (χ0v) is 12.5. The summed E-state index contributed by atoms with van der Waals surface area (Å²) in [6.07, 6.45) is 1.68. The third-order valence-corrected chi connectivity index (χ3v) is 3.09. The molecule has 2 rings (SSSR count). The number of carbonyl (C=O) groups is 2. The van der Waals surface area contributed by atoms with Gasteiger partial charge in [0.05, 0.1) is 0 Å². The summed E-state index contributed by atoms with van der Waals surface area (Å²) in [4.78, 5) is 22.3. The first kappa shape index (κ1) is 15.7. The zero-order valence-electron chi connectivity index (χ0n) is 12.5. The van der Waals surface area contributed by atoms with Crippen molar-refractivity contribution in [3.8, 4) is 0 Å². The van der Waals surface area contributed by atoms with Gasteiger partial charge < -0.3 is 4.74 Å². The van der Waals surface area contributed by atoms with E-state index >= 15 is 0 Å². The van der Waals surface area contributed by atoms with Crippen molar-refractivity contribution >= 4 is 17.3 Å². The molecule has 0 aromatic heterocycles. The minimum absolute atomic E-state index is 0.144. The van der Waals surface area contributed by atoms with Gasteiger partial charge in [-0.05, 0) is 29.7 Å². The summed E-state index contributed by atoms with van der Waals surface area (Å²) in [6, 6.07) is 19.8. The number of benzene rings is 2. The monoisotopic (exact) mass is 294 g/mol. The Balaban J connectivity index is 2.17. The molecule has 3 heteroatoms. The van der Waals surface area contributed by atoms with E-state index in [9.17, 15) is 9.59 Å². The van der Waals surface area contributed by atoms with Crippen LogP contribution in [0.2, 0.25) is 0 Å². The third-order valence-electron chi connectivity index (χ3n) is 3.09. The van der Waals surface area contributed by atoms with Crippen LogP contribution in [0.1, 0.15) is 24.5 Å². The highest BCUT2D eigenvalue weighted by Gasteiger charge is 2.07. The maximum absolute atomic E-state index is 11.4. The van der Waals surface area contributed by atoms with Crippen LogP contribution in [0, 0.1) is 0 Å². The van der Waals surface area contributed by atoms with Gasteiger partial charge in [0, 0.05) is 0 Å². The molecule has 0 atom stereocenters. The van der Waals surface area contributed by atoms with Crippen molar-refractivity contribution < 1.29 is 14.3 Å². The Morgan fingerprint density at radius 3 is 1.86 bits per heavy atom. The molecule has 22 heavy (non-hydrogen) atoms. The molecular weight excluding hydrogens is 276 g/mol. The molecule has 3 nitrogen and oxygen atoms in total. The zero-order chi connectivity index (χ0) is 15.8. The van der Waals surface area contributed by atoms with E-state index in [0.29, 0.717) is 0 Å². The van der Waals surface area contributed by atoms with E-state index in [1.54, 1.807) is 0 Å². The molecule has 0 bridgehead atoms. The van der Waals surface area contributed by atoms with E-state index in [1.165, 1.54) is 6.92 Å². The van der Waals surface area contributed by atoms with Gasteiger partial charge in [0.15, 0.2) is 0 Å². The van der Waals surface area contributed by atoms with Gasteiger partial charge in [-0.2, -0.15) is 0 Å². The quantitative estimate of drug-likeness (QED) is 0.603. The van der Waals surface area contributed by atoms with Crippen LogP contribution < -0.4 is 0 Å². The van der Waals surface area contributed by atoms with Crippen LogP contribution >= 0.6 is 0 Å². The fourth-order valence-electron chi connectivity index (χ4n) is 2.11. The fraction of sp³-hybridized carbons (Fsp3) is 0.158. The lowest BCUT2D eigenvalue weighted by atomic mass is 9.98. The average molecular weight is 294 g/mol. The highest BCUT2D eigenvalue weighted by atomic mass is 16.5. The van der Waals surface area contributed by atoms with Crippen molar-refractivity contribution in [1.82, 2.24) is 0 Å². The number of carbonyl (C=O) groups excluding carboxylic acids is 2. The summed E-state index contributed by atoms with van der Waals surface area (Å²) in [5, 5.41) is 0. The van der Waals surface area contributed by atoms with Gasteiger partial charge in [-0.3, -0.25) is 9.59 Å². The smallest absolute Gasteiger partial charge is 0.313 e. The number of ketones is 1. The Hall–Kier alpha value is -2.68. The standard InChI is InChI=1S/C19H18O3/c1-15(20)14-19(21)22-13-12-18(16-8-4-2-5-9-16)17-10-6-3-7-11-17/h2-12H,13-14H2,1H3. The summed E-state index contributed by atoms with van der Waals surface area (Å²) in [5.41, 5.74) is 3.10. The molecule has 0 aliphatic carbocycles. The van der Waals surface area contributed by atoms with E-state index < -0.39 is 5.97 Å². The number of ether oxygens (including phenoxy) is 1. The number of rotatable bonds is 6. The predicted molar refractivity (Wildman–Crippen MR) is 86.2 cm³/mol. The summed E-state index contributed by atoms with van der Waals surface area (Å²) < 4.78 is 5.09. The van der Waals surface area contributed by atoms with Crippen molar-refractivity contribution in [2.75, 3.05) is 6.61 Å². The summed E-state index contributed by atoms with van der Waals surface area (Å²) >= 11 is 0. The minimum Gasteiger partial charge on any atom is -0.461 e. The molecule has 2 aromatic carbocycles. The van der Waals surface area contributed by atoms with Gasteiger partial charge in [0.2, 0.25) is 0 Å². The van der Waals surface area contributed by atoms with Crippen molar-refractivity contribution in [1.29, 1.82) is 0 Å². The van der Waals surface area contributed by atoms with Crippen LogP contribution in [0.3, 0.4) is 0 Å². The Morgan fingerprint density at radius 1 is 0.909 bits per heavy atom. The first-order valence-electron chi connectivity index (χ1n) is 7.13. The molecule has 0 saturated heterocycles. The van der Waals surface area contributed by atoms with Crippen molar-refractivity contribution in [3.05, 3.63) is 77.9 Å². The molecule has 0 aliphatic rings. The van der Waals surface area contributed by atoms with Crippen LogP contribution in [0.5, 0.6) is 0 Å². The number of esters is 1. The van der Waals surface area contributed by atoms with Crippen molar-refractivity contribution in [2.24, 2.45) is 0 Å². The topological polar surface area (TPSA) is 43.4 Å². The molecule has 0 N–H and O–H groups in total. The van der Waals surface area contributed by atoms with Crippen molar-refractivity contribution in [2.45, 2.75) is 13.3 Å². The number of Topliss-reactive ketones (excluding diaryl/α,β-unsaturated/α-hetero) is 1. The molecule has 0 aliphatic heterocycles. The second kappa shape index (κ2) is 7.93.